The van der Waals surface area contributed by atoms with Crippen LogP contribution in [0.2, 0.25) is 5.02 Å². The summed E-state index contributed by atoms with van der Waals surface area (Å²) in [6, 6.07) is 11.3. The molecule has 0 aliphatic rings. The molecule has 3 aromatic rings. The van der Waals surface area contributed by atoms with E-state index in [4.69, 9.17) is 11.6 Å². The molecule has 0 amide bonds. The van der Waals surface area contributed by atoms with E-state index in [1.807, 2.05) is 32.1 Å². The zero-order valence-corrected chi connectivity index (χ0v) is 15.3. The molecule has 134 valence electrons. The van der Waals surface area contributed by atoms with E-state index in [9.17, 15) is 9.18 Å². The summed E-state index contributed by atoms with van der Waals surface area (Å²) in [5.41, 5.74) is 2.20. The van der Waals surface area contributed by atoms with E-state index in [2.05, 4.69) is 10.4 Å². The number of H-pyrrole nitrogens is 1. The molecule has 0 bridgehead atoms. The SMILES string of the molecule is CCC=c1[nH]n(-c2ccc(F)cc2)c(=O)c1=CNc1ccc(Cl)cc1C. The summed E-state index contributed by atoms with van der Waals surface area (Å²) < 4.78 is 14.6. The minimum absolute atomic E-state index is 0.213. The van der Waals surface area contributed by atoms with Gasteiger partial charge in [0.1, 0.15) is 5.82 Å². The molecule has 0 spiro atoms. The number of anilines is 1. The highest BCUT2D eigenvalue weighted by Gasteiger charge is 2.06. The summed E-state index contributed by atoms with van der Waals surface area (Å²) in [6.07, 6.45) is 4.38. The molecule has 4 nitrogen and oxygen atoms in total. The first-order chi connectivity index (χ1) is 12.5. The Morgan fingerprint density at radius 1 is 1.23 bits per heavy atom. The number of hydrogen-bond donors (Lipinski definition) is 2. The Kier molecular flexibility index (Phi) is 5.28. The highest BCUT2D eigenvalue weighted by Crippen LogP contribution is 2.19. The normalized spacial score (nSPS) is 12.6. The van der Waals surface area contributed by atoms with Gasteiger partial charge in [0, 0.05) is 16.9 Å². The van der Waals surface area contributed by atoms with Crippen molar-refractivity contribution in [3.8, 4) is 5.69 Å². The van der Waals surface area contributed by atoms with Crippen molar-refractivity contribution in [1.82, 2.24) is 9.78 Å². The Hall–Kier alpha value is -2.79. The second-order valence-corrected chi connectivity index (χ2v) is 6.35. The third-order valence-corrected chi connectivity index (χ3v) is 4.24. The summed E-state index contributed by atoms with van der Waals surface area (Å²) >= 11 is 5.98. The lowest BCUT2D eigenvalue weighted by Gasteiger charge is -2.04. The van der Waals surface area contributed by atoms with Gasteiger partial charge >= 0.3 is 0 Å². The van der Waals surface area contributed by atoms with Crippen molar-refractivity contribution in [2.75, 3.05) is 5.32 Å². The van der Waals surface area contributed by atoms with Crippen molar-refractivity contribution in [1.29, 1.82) is 0 Å². The van der Waals surface area contributed by atoms with Gasteiger partial charge in [-0.05, 0) is 61.4 Å². The number of rotatable bonds is 4. The first-order valence-corrected chi connectivity index (χ1v) is 8.67. The van der Waals surface area contributed by atoms with Crippen LogP contribution in [0, 0.1) is 12.7 Å². The van der Waals surface area contributed by atoms with Crippen molar-refractivity contribution < 1.29 is 4.39 Å². The van der Waals surface area contributed by atoms with Gasteiger partial charge in [0.05, 0.1) is 16.3 Å². The van der Waals surface area contributed by atoms with Gasteiger partial charge in [-0.25, -0.2) is 9.07 Å². The summed E-state index contributed by atoms with van der Waals surface area (Å²) in [5, 5.41) is 8.13. The number of halogens is 2. The lowest BCUT2D eigenvalue weighted by atomic mass is 10.2. The van der Waals surface area contributed by atoms with E-state index in [0.717, 1.165) is 17.7 Å². The minimum Gasteiger partial charge on any atom is -0.361 e. The molecule has 0 unspecified atom stereocenters. The monoisotopic (exact) mass is 371 g/mol. The standard InChI is InChI=1S/C20H19ClFN3O/c1-3-4-19-17(12-23-18-10-5-14(21)11-13(18)2)20(26)25(24-19)16-8-6-15(22)7-9-16/h4-12,23-24H,3H2,1-2H3. The second-order valence-electron chi connectivity index (χ2n) is 5.92. The molecule has 0 aliphatic carbocycles. The highest BCUT2D eigenvalue weighted by molar-refractivity contribution is 6.30. The smallest absolute Gasteiger partial charge is 0.280 e. The fourth-order valence-electron chi connectivity index (χ4n) is 2.68. The number of benzene rings is 2. The van der Waals surface area contributed by atoms with Crippen molar-refractivity contribution in [2.45, 2.75) is 20.3 Å². The van der Waals surface area contributed by atoms with E-state index in [-0.39, 0.29) is 11.4 Å². The van der Waals surface area contributed by atoms with Crippen molar-refractivity contribution in [3.63, 3.8) is 0 Å². The quantitative estimate of drug-likeness (QED) is 0.739. The summed E-state index contributed by atoms with van der Waals surface area (Å²) in [5.74, 6) is -0.347. The third-order valence-electron chi connectivity index (χ3n) is 4.01. The van der Waals surface area contributed by atoms with E-state index >= 15 is 0 Å². The van der Waals surface area contributed by atoms with Crippen LogP contribution in [0.3, 0.4) is 0 Å². The third kappa shape index (κ3) is 3.73. The van der Waals surface area contributed by atoms with Crippen LogP contribution in [-0.4, -0.2) is 9.78 Å². The lowest BCUT2D eigenvalue weighted by Crippen LogP contribution is -2.35. The molecular formula is C20H19ClFN3O. The van der Waals surface area contributed by atoms with E-state index < -0.39 is 0 Å². The lowest BCUT2D eigenvalue weighted by molar-refractivity contribution is 0.627. The molecule has 3 rings (SSSR count). The molecule has 0 fully saturated rings. The Bertz CT molecular complexity index is 1100. The van der Waals surface area contributed by atoms with Gasteiger partial charge in [-0.3, -0.25) is 9.89 Å². The molecule has 0 radical (unpaired) electrons. The maximum absolute atomic E-state index is 13.2. The Morgan fingerprint density at radius 3 is 2.62 bits per heavy atom. The molecule has 0 saturated heterocycles. The molecule has 26 heavy (non-hydrogen) atoms. The van der Waals surface area contributed by atoms with Crippen LogP contribution in [0.1, 0.15) is 18.9 Å². The molecule has 1 heterocycles. The fraction of sp³-hybridized carbons (Fsp3) is 0.150. The van der Waals surface area contributed by atoms with Gasteiger partial charge in [-0.2, -0.15) is 0 Å². The predicted octanol–water partition coefficient (Wildman–Crippen LogP) is 3.31. The van der Waals surface area contributed by atoms with E-state index in [1.54, 1.807) is 24.4 Å². The van der Waals surface area contributed by atoms with Crippen molar-refractivity contribution in [2.24, 2.45) is 0 Å². The zero-order chi connectivity index (χ0) is 18.7. The van der Waals surface area contributed by atoms with Gasteiger partial charge in [0.25, 0.3) is 5.56 Å². The summed E-state index contributed by atoms with van der Waals surface area (Å²) in [6.45, 7) is 3.93. The molecular weight excluding hydrogens is 353 g/mol. The van der Waals surface area contributed by atoms with Crippen LogP contribution in [0.25, 0.3) is 18.0 Å². The van der Waals surface area contributed by atoms with Gasteiger partial charge < -0.3 is 5.32 Å². The Labute approximate surface area is 155 Å². The number of aromatic nitrogens is 2. The zero-order valence-electron chi connectivity index (χ0n) is 14.5. The number of aromatic amines is 1. The molecule has 1 aromatic heterocycles. The highest BCUT2D eigenvalue weighted by atomic mass is 35.5. The molecule has 2 N–H and O–H groups in total. The van der Waals surface area contributed by atoms with Crippen LogP contribution in [0.4, 0.5) is 10.1 Å². The average molecular weight is 372 g/mol. The average Bonchev–Trinajstić information content (AvgIpc) is 2.91. The van der Waals surface area contributed by atoms with Crippen LogP contribution < -0.4 is 21.4 Å². The molecule has 0 aliphatic heterocycles. The second kappa shape index (κ2) is 7.62. The first-order valence-electron chi connectivity index (χ1n) is 8.29. The van der Waals surface area contributed by atoms with Crippen molar-refractivity contribution >= 4 is 29.6 Å². The maximum Gasteiger partial charge on any atom is 0.280 e. The van der Waals surface area contributed by atoms with Crippen LogP contribution in [0.15, 0.2) is 47.3 Å². The predicted molar refractivity (Wildman–Crippen MR) is 105 cm³/mol. The Morgan fingerprint density at radius 2 is 1.96 bits per heavy atom. The molecule has 0 atom stereocenters. The number of aryl methyl sites for hydroxylation is 1. The van der Waals surface area contributed by atoms with Crippen molar-refractivity contribution in [3.05, 3.63) is 79.8 Å². The molecule has 0 saturated carbocycles. The Balaban J connectivity index is 2.10. The molecule has 6 heteroatoms. The van der Waals surface area contributed by atoms with Gasteiger partial charge in [0.2, 0.25) is 0 Å². The number of nitrogens with zero attached hydrogens (tertiary/aromatic N) is 1. The van der Waals surface area contributed by atoms with Gasteiger partial charge in [-0.15, -0.1) is 0 Å². The van der Waals surface area contributed by atoms with Crippen LogP contribution >= 0.6 is 11.6 Å². The van der Waals surface area contributed by atoms with Gasteiger partial charge in [0.15, 0.2) is 0 Å². The number of hydrogen-bond acceptors (Lipinski definition) is 2. The summed E-state index contributed by atoms with van der Waals surface area (Å²) in [7, 11) is 0. The minimum atomic E-state index is -0.347. The van der Waals surface area contributed by atoms with E-state index in [0.29, 0.717) is 21.3 Å². The number of nitrogens with one attached hydrogen (secondary N) is 2. The topological polar surface area (TPSA) is 49.8 Å². The molecule has 2 aromatic carbocycles. The van der Waals surface area contributed by atoms with E-state index in [1.165, 1.54) is 16.8 Å². The largest absolute Gasteiger partial charge is 0.361 e. The maximum atomic E-state index is 13.2. The van der Waals surface area contributed by atoms with Gasteiger partial charge in [-0.1, -0.05) is 24.6 Å². The first kappa shape index (κ1) is 18.0. The fourth-order valence-corrected chi connectivity index (χ4v) is 2.90. The summed E-state index contributed by atoms with van der Waals surface area (Å²) in [4.78, 5) is 12.8. The van der Waals surface area contributed by atoms with Crippen LogP contribution in [0.5, 0.6) is 0 Å². The van der Waals surface area contributed by atoms with Crippen LogP contribution in [-0.2, 0) is 0 Å².